The largest absolute Gasteiger partial charge is 0.380 e. The van der Waals surface area contributed by atoms with Crippen molar-refractivity contribution in [3.05, 3.63) is 85.5 Å². The molecule has 1 fully saturated rings. The second-order valence-corrected chi connectivity index (χ2v) is 7.53. The van der Waals surface area contributed by atoms with Crippen LogP contribution in [-0.2, 0) is 0 Å². The van der Waals surface area contributed by atoms with Gasteiger partial charge in [0.25, 0.3) is 5.56 Å². The Morgan fingerprint density at radius 2 is 1.93 bits per heavy atom. The van der Waals surface area contributed by atoms with Crippen molar-refractivity contribution in [3.63, 3.8) is 0 Å². The summed E-state index contributed by atoms with van der Waals surface area (Å²) in [5.41, 5.74) is 1.66. The van der Waals surface area contributed by atoms with Gasteiger partial charge < -0.3 is 5.32 Å². The molecule has 1 aliphatic rings. The highest BCUT2D eigenvalue weighted by atomic mass is 35.5. The Morgan fingerprint density at radius 3 is 2.67 bits per heavy atom. The number of aromatic nitrogens is 2. The Labute approximate surface area is 169 Å². The van der Waals surface area contributed by atoms with Gasteiger partial charge in [-0.25, -0.2) is 4.39 Å². The highest BCUT2D eigenvalue weighted by molar-refractivity contribution is 6.41. The van der Waals surface area contributed by atoms with E-state index in [9.17, 15) is 9.18 Å². The molecule has 138 valence electrons. The molecule has 1 aromatic heterocycles. The quantitative estimate of drug-likeness (QED) is 0.618. The van der Waals surface area contributed by atoms with Gasteiger partial charge in [-0.05, 0) is 42.3 Å². The molecule has 1 aliphatic carbocycles. The van der Waals surface area contributed by atoms with Crippen LogP contribution in [0, 0.1) is 5.82 Å². The zero-order valence-electron chi connectivity index (χ0n) is 13.8. The van der Waals surface area contributed by atoms with Gasteiger partial charge in [-0.1, -0.05) is 46.9 Å². The van der Waals surface area contributed by atoms with Crippen molar-refractivity contribution >= 4 is 40.5 Å². The summed E-state index contributed by atoms with van der Waals surface area (Å²) in [4.78, 5) is 12.2. The molecular formula is C19H13Cl3FN3O. The van der Waals surface area contributed by atoms with Crippen molar-refractivity contribution in [1.29, 1.82) is 0 Å². The molecule has 2 atom stereocenters. The lowest BCUT2D eigenvalue weighted by atomic mass is 10.1. The van der Waals surface area contributed by atoms with Gasteiger partial charge in [0.05, 0.1) is 27.6 Å². The topological polar surface area (TPSA) is 46.9 Å². The van der Waals surface area contributed by atoms with Crippen LogP contribution in [0.2, 0.25) is 15.1 Å². The van der Waals surface area contributed by atoms with E-state index < -0.39 is 5.56 Å². The SMILES string of the molecule is O=c1c(Cl)c(Cl)cnn1-c1ccc(N[C@H]2C[C@@H]2c2cccc(F)c2)c(Cl)c1. The van der Waals surface area contributed by atoms with E-state index in [1.807, 2.05) is 6.07 Å². The zero-order chi connectivity index (χ0) is 19.1. The van der Waals surface area contributed by atoms with Crippen LogP contribution < -0.4 is 10.9 Å². The number of benzene rings is 2. The number of nitrogens with one attached hydrogen (secondary N) is 1. The molecule has 0 unspecified atom stereocenters. The fourth-order valence-corrected chi connectivity index (χ4v) is 3.49. The van der Waals surface area contributed by atoms with Crippen molar-refractivity contribution in [1.82, 2.24) is 9.78 Å². The Morgan fingerprint density at radius 1 is 1.11 bits per heavy atom. The minimum absolute atomic E-state index is 0.0964. The number of hydrogen-bond donors (Lipinski definition) is 1. The van der Waals surface area contributed by atoms with E-state index in [0.717, 1.165) is 22.4 Å². The first-order valence-corrected chi connectivity index (χ1v) is 9.32. The fourth-order valence-electron chi connectivity index (χ4n) is 3.01. The van der Waals surface area contributed by atoms with E-state index in [1.165, 1.54) is 12.3 Å². The number of rotatable bonds is 4. The van der Waals surface area contributed by atoms with Crippen LogP contribution in [0.4, 0.5) is 10.1 Å². The van der Waals surface area contributed by atoms with Gasteiger partial charge >= 0.3 is 0 Å². The zero-order valence-corrected chi connectivity index (χ0v) is 16.1. The molecule has 27 heavy (non-hydrogen) atoms. The molecule has 0 amide bonds. The standard InChI is InChI=1S/C19H13Cl3FN3O/c20-14-7-12(26-19(27)18(22)15(21)9-24-26)4-5-16(14)25-17-8-13(17)10-2-1-3-11(23)6-10/h1-7,9,13,17,25H,8H2/t13-,17+/m1/s1. The van der Waals surface area contributed by atoms with Crippen LogP contribution in [0.25, 0.3) is 5.69 Å². The molecule has 0 bridgehead atoms. The number of halogens is 4. The van der Waals surface area contributed by atoms with Crippen molar-refractivity contribution in [2.75, 3.05) is 5.32 Å². The maximum absolute atomic E-state index is 13.4. The van der Waals surface area contributed by atoms with Crippen LogP contribution >= 0.6 is 34.8 Å². The maximum Gasteiger partial charge on any atom is 0.291 e. The van der Waals surface area contributed by atoms with Crippen molar-refractivity contribution in [3.8, 4) is 5.69 Å². The minimum Gasteiger partial charge on any atom is -0.380 e. The van der Waals surface area contributed by atoms with Gasteiger partial charge in [-0.2, -0.15) is 9.78 Å². The van der Waals surface area contributed by atoms with Gasteiger partial charge in [0, 0.05) is 12.0 Å². The first-order chi connectivity index (χ1) is 12.9. The fraction of sp³-hybridized carbons (Fsp3) is 0.158. The van der Waals surface area contributed by atoms with Crippen molar-refractivity contribution in [2.24, 2.45) is 0 Å². The monoisotopic (exact) mass is 423 g/mol. The van der Waals surface area contributed by atoms with E-state index in [0.29, 0.717) is 10.7 Å². The van der Waals surface area contributed by atoms with E-state index in [4.69, 9.17) is 34.8 Å². The van der Waals surface area contributed by atoms with Crippen molar-refractivity contribution in [2.45, 2.75) is 18.4 Å². The summed E-state index contributed by atoms with van der Waals surface area (Å²) in [5.74, 6) is 0.0101. The Kier molecular flexibility index (Phi) is 4.84. The summed E-state index contributed by atoms with van der Waals surface area (Å²) < 4.78 is 14.5. The highest BCUT2D eigenvalue weighted by Crippen LogP contribution is 2.44. The molecule has 0 aliphatic heterocycles. The van der Waals surface area contributed by atoms with Crippen LogP contribution in [0.15, 0.2) is 53.5 Å². The molecule has 0 saturated heterocycles. The third kappa shape index (κ3) is 3.68. The third-order valence-electron chi connectivity index (χ3n) is 4.48. The van der Waals surface area contributed by atoms with E-state index >= 15 is 0 Å². The first-order valence-electron chi connectivity index (χ1n) is 8.19. The van der Waals surface area contributed by atoms with Crippen LogP contribution in [0.3, 0.4) is 0 Å². The minimum atomic E-state index is -0.519. The van der Waals surface area contributed by atoms with Crippen LogP contribution in [0.1, 0.15) is 17.9 Å². The van der Waals surface area contributed by atoms with Gasteiger partial charge in [0.1, 0.15) is 10.8 Å². The summed E-state index contributed by atoms with van der Waals surface area (Å²) in [6.07, 6.45) is 2.20. The number of nitrogens with zero attached hydrogens (tertiary/aromatic N) is 2. The van der Waals surface area contributed by atoms with E-state index in [1.54, 1.807) is 30.3 Å². The summed E-state index contributed by atoms with van der Waals surface area (Å²) in [5, 5.41) is 7.78. The van der Waals surface area contributed by atoms with E-state index in [2.05, 4.69) is 10.4 Å². The average molecular weight is 425 g/mol. The van der Waals surface area contributed by atoms with E-state index in [-0.39, 0.29) is 27.8 Å². The summed E-state index contributed by atoms with van der Waals surface area (Å²) in [6, 6.07) is 11.9. The van der Waals surface area contributed by atoms with Gasteiger partial charge in [0.15, 0.2) is 0 Å². The molecule has 2 aromatic carbocycles. The molecule has 4 rings (SSSR count). The summed E-state index contributed by atoms with van der Waals surface area (Å²) in [6.45, 7) is 0. The Bertz CT molecular complexity index is 1090. The molecule has 3 aromatic rings. The molecule has 1 N–H and O–H groups in total. The second kappa shape index (κ2) is 7.15. The van der Waals surface area contributed by atoms with Crippen LogP contribution in [-0.4, -0.2) is 15.8 Å². The lowest BCUT2D eigenvalue weighted by Gasteiger charge is -2.11. The second-order valence-electron chi connectivity index (χ2n) is 6.34. The Hall–Kier alpha value is -2.08. The summed E-state index contributed by atoms with van der Waals surface area (Å²) >= 11 is 18.1. The Balaban J connectivity index is 1.54. The predicted molar refractivity (Wildman–Crippen MR) is 106 cm³/mol. The lowest BCUT2D eigenvalue weighted by Crippen LogP contribution is -2.21. The average Bonchev–Trinajstić information content (AvgIpc) is 3.41. The first kappa shape index (κ1) is 18.3. The molecule has 1 saturated carbocycles. The molecule has 0 radical (unpaired) electrons. The lowest BCUT2D eigenvalue weighted by molar-refractivity contribution is 0.625. The summed E-state index contributed by atoms with van der Waals surface area (Å²) in [7, 11) is 0. The van der Waals surface area contributed by atoms with Crippen LogP contribution in [0.5, 0.6) is 0 Å². The predicted octanol–water partition coefficient (Wildman–Crippen LogP) is 5.30. The normalized spacial score (nSPS) is 18.4. The molecule has 4 nitrogen and oxygen atoms in total. The number of hydrogen-bond acceptors (Lipinski definition) is 3. The van der Waals surface area contributed by atoms with Gasteiger partial charge in [-0.3, -0.25) is 4.79 Å². The highest BCUT2D eigenvalue weighted by Gasteiger charge is 2.38. The molecule has 0 spiro atoms. The van der Waals surface area contributed by atoms with Gasteiger partial charge in [0.2, 0.25) is 0 Å². The maximum atomic E-state index is 13.4. The van der Waals surface area contributed by atoms with Crippen molar-refractivity contribution < 1.29 is 4.39 Å². The van der Waals surface area contributed by atoms with Gasteiger partial charge in [-0.15, -0.1) is 0 Å². The molecule has 1 heterocycles. The number of anilines is 1. The smallest absolute Gasteiger partial charge is 0.291 e. The molecular weight excluding hydrogens is 412 g/mol. The molecule has 8 heteroatoms. The third-order valence-corrected chi connectivity index (χ3v) is 5.54.